The van der Waals surface area contributed by atoms with Crippen molar-refractivity contribution in [1.29, 1.82) is 0 Å². The van der Waals surface area contributed by atoms with E-state index < -0.39 is 0 Å². The summed E-state index contributed by atoms with van der Waals surface area (Å²) < 4.78 is 0.970. The molecule has 0 aliphatic rings. The highest BCUT2D eigenvalue weighted by Gasteiger charge is 2.12. The maximum atomic E-state index is 12.2. The lowest BCUT2D eigenvalue weighted by atomic mass is 10.1. The van der Waals surface area contributed by atoms with Gasteiger partial charge in [0, 0.05) is 17.9 Å². The summed E-state index contributed by atoms with van der Waals surface area (Å²) in [6, 6.07) is 7.87. The first-order chi connectivity index (χ1) is 10.7. The molecular weight excluding hydrogens is 338 g/mol. The normalized spacial score (nSPS) is 10.7. The van der Waals surface area contributed by atoms with Crippen LogP contribution in [0.15, 0.2) is 28.7 Å². The topological polar surface area (TPSA) is 20.3 Å². The second-order valence-electron chi connectivity index (χ2n) is 5.98. The molecule has 2 nitrogen and oxygen atoms in total. The Morgan fingerprint density at radius 1 is 0.955 bits per heavy atom. The number of anilines is 1. The van der Waals surface area contributed by atoms with Crippen LogP contribution in [0.1, 0.15) is 71.1 Å². The number of rotatable bonds is 11. The fourth-order valence-electron chi connectivity index (χ4n) is 2.61. The van der Waals surface area contributed by atoms with Crippen LogP contribution >= 0.6 is 15.9 Å². The van der Waals surface area contributed by atoms with Crippen molar-refractivity contribution >= 4 is 27.5 Å². The van der Waals surface area contributed by atoms with Crippen LogP contribution in [0, 0.1) is 0 Å². The molecule has 0 N–H and O–H groups in total. The molecule has 0 radical (unpaired) electrons. The first kappa shape index (κ1) is 19.2. The average molecular weight is 368 g/mol. The van der Waals surface area contributed by atoms with Crippen LogP contribution in [-0.4, -0.2) is 13.0 Å². The van der Waals surface area contributed by atoms with Crippen molar-refractivity contribution < 1.29 is 4.79 Å². The van der Waals surface area contributed by atoms with Gasteiger partial charge in [0.1, 0.15) is 0 Å². The van der Waals surface area contributed by atoms with E-state index >= 15 is 0 Å². The molecule has 22 heavy (non-hydrogen) atoms. The number of nitrogens with zero attached hydrogens (tertiary/aromatic N) is 1. The number of hydrogen-bond donors (Lipinski definition) is 0. The van der Waals surface area contributed by atoms with Gasteiger partial charge in [-0.3, -0.25) is 4.79 Å². The number of carbonyl (C=O) groups excluding carboxylic acids is 1. The monoisotopic (exact) mass is 367 g/mol. The Balaban J connectivity index is 2.12. The Bertz CT molecular complexity index is 433. The highest BCUT2D eigenvalue weighted by Crippen LogP contribution is 2.25. The van der Waals surface area contributed by atoms with Crippen LogP contribution in [0.25, 0.3) is 0 Å². The van der Waals surface area contributed by atoms with Crippen molar-refractivity contribution in [2.24, 2.45) is 0 Å². The lowest BCUT2D eigenvalue weighted by Gasteiger charge is -2.18. The predicted molar refractivity (Wildman–Crippen MR) is 99.4 cm³/mol. The smallest absolute Gasteiger partial charge is 0.226 e. The van der Waals surface area contributed by atoms with Crippen molar-refractivity contribution in [2.75, 3.05) is 11.9 Å². The molecule has 0 saturated heterocycles. The maximum absolute atomic E-state index is 12.2. The molecule has 124 valence electrons. The lowest BCUT2D eigenvalue weighted by molar-refractivity contribution is -0.118. The van der Waals surface area contributed by atoms with E-state index in [1.165, 1.54) is 51.4 Å². The summed E-state index contributed by atoms with van der Waals surface area (Å²) in [6.45, 7) is 2.25. The van der Waals surface area contributed by atoms with Gasteiger partial charge in [0.2, 0.25) is 5.91 Å². The summed E-state index contributed by atoms with van der Waals surface area (Å²) in [5.74, 6) is 0.204. The third-order valence-corrected chi connectivity index (χ3v) is 4.75. The molecule has 3 heteroatoms. The fraction of sp³-hybridized carbons (Fsp3) is 0.632. The fourth-order valence-corrected chi connectivity index (χ4v) is 3.16. The van der Waals surface area contributed by atoms with Crippen molar-refractivity contribution in [3.63, 3.8) is 0 Å². The van der Waals surface area contributed by atoms with Crippen LogP contribution in [-0.2, 0) is 4.79 Å². The zero-order valence-corrected chi connectivity index (χ0v) is 15.7. The third-order valence-electron chi connectivity index (χ3n) is 4.08. The molecule has 1 rings (SSSR count). The molecule has 0 aliphatic carbocycles. The predicted octanol–water partition coefficient (Wildman–Crippen LogP) is 6.33. The van der Waals surface area contributed by atoms with Gasteiger partial charge in [-0.25, -0.2) is 0 Å². The first-order valence-corrected chi connectivity index (χ1v) is 9.47. The van der Waals surface area contributed by atoms with Crippen molar-refractivity contribution in [3.05, 3.63) is 28.7 Å². The van der Waals surface area contributed by atoms with Crippen molar-refractivity contribution in [1.82, 2.24) is 0 Å². The number of hydrogen-bond acceptors (Lipinski definition) is 1. The van der Waals surface area contributed by atoms with Crippen molar-refractivity contribution in [3.8, 4) is 0 Å². The molecule has 0 fully saturated rings. The number of amides is 1. The quantitative estimate of drug-likeness (QED) is 0.418. The Morgan fingerprint density at radius 2 is 1.50 bits per heavy atom. The van der Waals surface area contributed by atoms with E-state index in [0.29, 0.717) is 6.42 Å². The molecular formula is C19H30BrNO. The Labute approximate surface area is 144 Å². The molecule has 0 aliphatic heterocycles. The van der Waals surface area contributed by atoms with Crippen LogP contribution < -0.4 is 4.90 Å². The van der Waals surface area contributed by atoms with E-state index in [0.717, 1.165) is 16.6 Å². The maximum Gasteiger partial charge on any atom is 0.226 e. The molecule has 0 unspecified atom stereocenters. The van der Waals surface area contributed by atoms with Gasteiger partial charge in [0.15, 0.2) is 0 Å². The average Bonchev–Trinajstić information content (AvgIpc) is 2.53. The van der Waals surface area contributed by atoms with Gasteiger partial charge < -0.3 is 4.90 Å². The van der Waals surface area contributed by atoms with Crippen molar-refractivity contribution in [2.45, 2.75) is 71.1 Å². The molecule has 0 aromatic heterocycles. The van der Waals surface area contributed by atoms with Gasteiger partial charge in [0.25, 0.3) is 0 Å². The lowest BCUT2D eigenvalue weighted by Crippen LogP contribution is -2.26. The van der Waals surface area contributed by atoms with Crippen LogP contribution in [0.2, 0.25) is 0 Å². The van der Waals surface area contributed by atoms with Crippen LogP contribution in [0.3, 0.4) is 0 Å². The number of para-hydroxylation sites is 1. The molecule has 1 aromatic rings. The third kappa shape index (κ3) is 7.44. The van der Waals surface area contributed by atoms with E-state index in [1.54, 1.807) is 4.90 Å². The SMILES string of the molecule is CCCCCCCCCCCC(=O)N(C)c1ccccc1Br. The molecule has 0 bridgehead atoms. The zero-order valence-electron chi connectivity index (χ0n) is 14.1. The van der Waals surface area contributed by atoms with Gasteiger partial charge >= 0.3 is 0 Å². The molecule has 1 amide bonds. The molecule has 1 aromatic carbocycles. The van der Waals surface area contributed by atoms with E-state index in [-0.39, 0.29) is 5.91 Å². The molecule has 0 saturated carbocycles. The van der Waals surface area contributed by atoms with Gasteiger partial charge in [-0.05, 0) is 34.5 Å². The summed E-state index contributed by atoms with van der Waals surface area (Å²) in [7, 11) is 1.86. The van der Waals surface area contributed by atoms with Gasteiger partial charge in [-0.2, -0.15) is 0 Å². The summed E-state index contributed by atoms with van der Waals surface area (Å²) in [4.78, 5) is 14.0. The van der Waals surface area contributed by atoms with Gasteiger partial charge in [-0.15, -0.1) is 0 Å². The van der Waals surface area contributed by atoms with Gasteiger partial charge in [-0.1, -0.05) is 70.4 Å². The Morgan fingerprint density at radius 3 is 2.09 bits per heavy atom. The summed E-state index contributed by atoms with van der Waals surface area (Å²) in [6.07, 6.45) is 12.2. The van der Waals surface area contributed by atoms with Gasteiger partial charge in [0.05, 0.1) is 5.69 Å². The number of halogens is 1. The van der Waals surface area contributed by atoms with Crippen LogP contribution in [0.5, 0.6) is 0 Å². The number of unbranched alkanes of at least 4 members (excludes halogenated alkanes) is 8. The first-order valence-electron chi connectivity index (χ1n) is 8.68. The van der Waals surface area contributed by atoms with Crippen LogP contribution in [0.4, 0.5) is 5.69 Å². The Kier molecular flexibility index (Phi) is 10.2. The summed E-state index contributed by atoms with van der Waals surface area (Å²) >= 11 is 3.50. The van der Waals surface area contributed by atoms with E-state index in [9.17, 15) is 4.79 Å². The number of carbonyl (C=O) groups is 1. The van der Waals surface area contributed by atoms with E-state index in [2.05, 4.69) is 22.9 Å². The Hall–Kier alpha value is -0.830. The summed E-state index contributed by atoms with van der Waals surface area (Å²) in [5, 5.41) is 0. The standard InChI is InChI=1S/C19H30BrNO/c1-3-4-5-6-7-8-9-10-11-16-19(22)21(2)18-15-13-12-14-17(18)20/h12-15H,3-11,16H2,1-2H3. The highest BCUT2D eigenvalue weighted by atomic mass is 79.9. The molecule has 0 spiro atoms. The minimum absolute atomic E-state index is 0.204. The highest BCUT2D eigenvalue weighted by molar-refractivity contribution is 9.10. The largest absolute Gasteiger partial charge is 0.314 e. The molecule has 0 atom stereocenters. The zero-order chi connectivity index (χ0) is 16.2. The van der Waals surface area contributed by atoms with E-state index in [1.807, 2.05) is 31.3 Å². The van der Waals surface area contributed by atoms with E-state index in [4.69, 9.17) is 0 Å². The number of benzene rings is 1. The summed E-state index contributed by atoms with van der Waals surface area (Å²) in [5.41, 5.74) is 0.948. The minimum Gasteiger partial charge on any atom is -0.314 e. The second-order valence-corrected chi connectivity index (χ2v) is 6.84. The second kappa shape index (κ2) is 11.7. The molecule has 0 heterocycles. The minimum atomic E-state index is 0.204.